The van der Waals surface area contributed by atoms with E-state index in [1.54, 1.807) is 23.5 Å². The van der Waals surface area contributed by atoms with Crippen molar-refractivity contribution in [3.63, 3.8) is 0 Å². The Morgan fingerprint density at radius 3 is 2.22 bits per heavy atom. The molecule has 0 aromatic heterocycles. The molecule has 0 fully saturated rings. The average molecular weight is 342 g/mol. The van der Waals surface area contributed by atoms with Crippen LogP contribution in [0.25, 0.3) is 0 Å². The highest BCUT2D eigenvalue weighted by Gasteiger charge is 2.10. The van der Waals surface area contributed by atoms with E-state index in [0.717, 1.165) is 23.5 Å². The molecule has 0 aliphatic carbocycles. The highest BCUT2D eigenvalue weighted by atomic mass is 32.2. The summed E-state index contributed by atoms with van der Waals surface area (Å²) in [4.78, 5) is 8.77. The Kier molecular flexibility index (Phi) is 7.05. The van der Waals surface area contributed by atoms with E-state index in [1.807, 2.05) is 36.9 Å². The van der Waals surface area contributed by atoms with Crippen molar-refractivity contribution in [2.24, 2.45) is 4.99 Å². The maximum absolute atomic E-state index is 8.59. The first-order valence-electron chi connectivity index (χ1n) is 7.23. The standard InChI is InChI=1S/C10H12N2S.C8H7NS/c1-13-10-5-3-2-4-9(10)12-7-6-11-8-12;1-10-8-5-3-2-4-7(8)6-9/h2-5,8H,6-7H2,1H3;2-5H,1H3. The fraction of sp³-hybridized carbons (Fsp3) is 0.222. The van der Waals surface area contributed by atoms with Gasteiger partial charge in [0.05, 0.1) is 24.1 Å². The molecule has 2 aromatic carbocycles. The molecule has 0 unspecified atom stereocenters. The summed E-state index contributed by atoms with van der Waals surface area (Å²) in [5.74, 6) is 0. The number of benzene rings is 2. The van der Waals surface area contributed by atoms with Crippen molar-refractivity contribution in [1.29, 1.82) is 5.26 Å². The van der Waals surface area contributed by atoms with Crippen LogP contribution in [0.3, 0.4) is 0 Å². The van der Waals surface area contributed by atoms with Crippen molar-refractivity contribution in [2.45, 2.75) is 9.79 Å². The zero-order chi connectivity index (χ0) is 16.5. The fourth-order valence-corrected chi connectivity index (χ4v) is 3.32. The largest absolute Gasteiger partial charge is 0.330 e. The van der Waals surface area contributed by atoms with Crippen LogP contribution in [0.5, 0.6) is 0 Å². The lowest BCUT2D eigenvalue weighted by molar-refractivity contribution is 1.01. The lowest BCUT2D eigenvalue weighted by Gasteiger charge is -2.16. The Morgan fingerprint density at radius 2 is 1.65 bits per heavy atom. The third kappa shape index (κ3) is 4.78. The molecule has 0 spiro atoms. The Bertz CT molecular complexity index is 707. The van der Waals surface area contributed by atoms with Crippen LogP contribution in [0.2, 0.25) is 0 Å². The van der Waals surface area contributed by atoms with Crippen LogP contribution < -0.4 is 4.90 Å². The SMILES string of the molecule is CSc1ccccc1C#N.CSc1ccccc1N1C=NCC1. The van der Waals surface area contributed by atoms with Crippen molar-refractivity contribution < 1.29 is 0 Å². The van der Waals surface area contributed by atoms with Crippen LogP contribution in [0.1, 0.15) is 5.56 Å². The van der Waals surface area contributed by atoms with Gasteiger partial charge in [0, 0.05) is 16.3 Å². The summed E-state index contributed by atoms with van der Waals surface area (Å²) in [7, 11) is 0. The summed E-state index contributed by atoms with van der Waals surface area (Å²) in [5.41, 5.74) is 2.03. The number of para-hydroxylation sites is 1. The van der Waals surface area contributed by atoms with Gasteiger partial charge in [-0.15, -0.1) is 23.5 Å². The predicted molar refractivity (Wildman–Crippen MR) is 102 cm³/mol. The van der Waals surface area contributed by atoms with Gasteiger partial charge in [0.15, 0.2) is 0 Å². The molecule has 0 amide bonds. The van der Waals surface area contributed by atoms with E-state index in [0.29, 0.717) is 0 Å². The molecule has 2 aromatic rings. The maximum Gasteiger partial charge on any atom is 0.100 e. The van der Waals surface area contributed by atoms with Crippen LogP contribution >= 0.6 is 23.5 Å². The minimum absolute atomic E-state index is 0.759. The molecule has 0 saturated carbocycles. The number of nitrogens with zero attached hydrogens (tertiary/aromatic N) is 3. The third-order valence-electron chi connectivity index (χ3n) is 3.31. The second-order valence-electron chi connectivity index (χ2n) is 4.70. The average Bonchev–Trinajstić information content (AvgIpc) is 3.16. The van der Waals surface area contributed by atoms with Crippen molar-refractivity contribution in [3.05, 3.63) is 54.1 Å². The van der Waals surface area contributed by atoms with Crippen LogP contribution in [0.4, 0.5) is 5.69 Å². The van der Waals surface area contributed by atoms with Crippen LogP contribution in [-0.4, -0.2) is 31.9 Å². The molecule has 0 radical (unpaired) electrons. The molecule has 5 heteroatoms. The number of rotatable bonds is 3. The minimum atomic E-state index is 0.759. The number of hydrogen-bond donors (Lipinski definition) is 0. The van der Waals surface area contributed by atoms with Gasteiger partial charge in [-0.2, -0.15) is 5.26 Å². The lowest BCUT2D eigenvalue weighted by Crippen LogP contribution is -2.18. The molecule has 3 rings (SSSR count). The monoisotopic (exact) mass is 341 g/mol. The molecule has 0 bridgehead atoms. The van der Waals surface area contributed by atoms with E-state index in [2.05, 4.69) is 46.5 Å². The second kappa shape index (κ2) is 9.29. The van der Waals surface area contributed by atoms with Gasteiger partial charge in [-0.25, -0.2) is 0 Å². The predicted octanol–water partition coefficient (Wildman–Crippen LogP) is 4.54. The first-order valence-corrected chi connectivity index (χ1v) is 9.68. The summed E-state index contributed by atoms with van der Waals surface area (Å²) in [6.45, 7) is 1.93. The summed E-state index contributed by atoms with van der Waals surface area (Å²) in [6, 6.07) is 18.1. The zero-order valence-corrected chi connectivity index (χ0v) is 14.9. The first-order chi connectivity index (χ1) is 11.3. The molecule has 0 N–H and O–H groups in total. The van der Waals surface area contributed by atoms with Gasteiger partial charge in [-0.3, -0.25) is 4.99 Å². The molecule has 0 atom stereocenters. The van der Waals surface area contributed by atoms with Crippen LogP contribution in [0, 0.1) is 11.3 Å². The van der Waals surface area contributed by atoms with Crippen LogP contribution in [-0.2, 0) is 0 Å². The highest BCUT2D eigenvalue weighted by molar-refractivity contribution is 7.99. The smallest absolute Gasteiger partial charge is 0.100 e. The highest BCUT2D eigenvalue weighted by Crippen LogP contribution is 2.28. The van der Waals surface area contributed by atoms with Crippen molar-refractivity contribution in [1.82, 2.24) is 0 Å². The van der Waals surface area contributed by atoms with E-state index < -0.39 is 0 Å². The Hall–Kier alpha value is -1.90. The number of anilines is 1. The van der Waals surface area contributed by atoms with Gasteiger partial charge in [0.2, 0.25) is 0 Å². The topological polar surface area (TPSA) is 39.4 Å². The lowest BCUT2D eigenvalue weighted by atomic mass is 10.2. The molecule has 3 nitrogen and oxygen atoms in total. The van der Waals surface area contributed by atoms with Gasteiger partial charge >= 0.3 is 0 Å². The minimum Gasteiger partial charge on any atom is -0.330 e. The van der Waals surface area contributed by atoms with E-state index in [4.69, 9.17) is 5.26 Å². The molecule has 1 aliphatic rings. The van der Waals surface area contributed by atoms with Gasteiger partial charge in [0.1, 0.15) is 6.07 Å². The van der Waals surface area contributed by atoms with Crippen molar-refractivity contribution in [3.8, 4) is 6.07 Å². The van der Waals surface area contributed by atoms with Gasteiger partial charge in [0.25, 0.3) is 0 Å². The molecule has 118 valence electrons. The van der Waals surface area contributed by atoms with Crippen LogP contribution in [0.15, 0.2) is 63.3 Å². The summed E-state index contributed by atoms with van der Waals surface area (Å²) < 4.78 is 0. The number of hydrogen-bond acceptors (Lipinski definition) is 5. The molecule has 1 heterocycles. The number of thioether (sulfide) groups is 2. The Morgan fingerprint density at radius 1 is 1.00 bits per heavy atom. The maximum atomic E-state index is 8.59. The van der Waals surface area contributed by atoms with Crippen molar-refractivity contribution >= 4 is 35.5 Å². The van der Waals surface area contributed by atoms with E-state index in [1.165, 1.54) is 10.6 Å². The van der Waals surface area contributed by atoms with E-state index >= 15 is 0 Å². The number of aliphatic imine (C=N–C) groups is 1. The Labute approximate surface area is 146 Å². The molecule has 1 aliphatic heterocycles. The quantitative estimate of drug-likeness (QED) is 0.769. The summed E-state index contributed by atoms with van der Waals surface area (Å²) in [5, 5.41) is 8.59. The van der Waals surface area contributed by atoms with Gasteiger partial charge in [-0.1, -0.05) is 24.3 Å². The molecular weight excluding hydrogens is 322 g/mol. The summed E-state index contributed by atoms with van der Waals surface area (Å²) >= 11 is 3.38. The normalized spacial score (nSPS) is 12.5. The fourth-order valence-electron chi connectivity index (χ4n) is 2.17. The first kappa shape index (κ1) is 17.5. The molecular formula is C18H19N3S2. The second-order valence-corrected chi connectivity index (χ2v) is 6.40. The molecule has 0 saturated heterocycles. The summed E-state index contributed by atoms with van der Waals surface area (Å²) in [6.07, 6.45) is 6.00. The van der Waals surface area contributed by atoms with Crippen molar-refractivity contribution in [2.75, 3.05) is 30.5 Å². The zero-order valence-electron chi connectivity index (χ0n) is 13.3. The number of nitriles is 1. The Balaban J connectivity index is 0.000000174. The third-order valence-corrected chi connectivity index (χ3v) is 4.89. The molecule has 23 heavy (non-hydrogen) atoms. The van der Waals surface area contributed by atoms with E-state index in [-0.39, 0.29) is 0 Å². The van der Waals surface area contributed by atoms with E-state index in [9.17, 15) is 0 Å². The van der Waals surface area contributed by atoms with Gasteiger partial charge in [-0.05, 0) is 36.8 Å². The van der Waals surface area contributed by atoms with Gasteiger partial charge < -0.3 is 4.90 Å².